The molecule has 0 radical (unpaired) electrons. The number of hydrogen-bond acceptors (Lipinski definition) is 7. The molecule has 0 aromatic heterocycles. The lowest BCUT2D eigenvalue weighted by Crippen LogP contribution is -2.39. The van der Waals surface area contributed by atoms with Crippen molar-refractivity contribution < 1.29 is 26.4 Å². The maximum atomic E-state index is 13.0. The maximum absolute atomic E-state index is 13.0. The predicted molar refractivity (Wildman–Crippen MR) is 114 cm³/mol. The summed E-state index contributed by atoms with van der Waals surface area (Å²) in [5.41, 5.74) is 0.391. The highest BCUT2D eigenvalue weighted by Gasteiger charge is 2.29. The average molecular weight is 460 g/mol. The standard InChI is InChI=1S/C19H29N3O6S2/c1-28-18-7-6-16(30(26,27)22-9-4-2-3-5-10-22)12-17(18)20-13-19(23)21-15-8-11-29(24,25)14-15/h6-7,12,15,20H,2-5,8-11,13-14H2,1H3,(H,21,23). The number of methoxy groups -OCH3 is 1. The molecule has 1 aromatic carbocycles. The van der Waals surface area contributed by atoms with E-state index < -0.39 is 19.9 Å². The van der Waals surface area contributed by atoms with E-state index in [1.807, 2.05) is 0 Å². The Morgan fingerprint density at radius 2 is 1.90 bits per heavy atom. The van der Waals surface area contributed by atoms with Crippen LogP contribution in [0.3, 0.4) is 0 Å². The third-order valence-corrected chi connectivity index (χ3v) is 9.07. The Hall–Kier alpha value is -1.85. The van der Waals surface area contributed by atoms with Crippen LogP contribution in [0.5, 0.6) is 5.75 Å². The lowest BCUT2D eigenvalue weighted by atomic mass is 10.2. The molecule has 2 fully saturated rings. The molecule has 0 spiro atoms. The molecule has 30 heavy (non-hydrogen) atoms. The first-order valence-electron chi connectivity index (χ1n) is 10.1. The van der Waals surface area contributed by atoms with Gasteiger partial charge in [0.2, 0.25) is 15.9 Å². The van der Waals surface area contributed by atoms with E-state index in [0.29, 0.717) is 30.9 Å². The number of anilines is 1. The van der Waals surface area contributed by atoms with Gasteiger partial charge in [-0.3, -0.25) is 4.79 Å². The zero-order valence-electron chi connectivity index (χ0n) is 17.1. The Morgan fingerprint density at radius 3 is 2.50 bits per heavy atom. The summed E-state index contributed by atoms with van der Waals surface area (Å²) >= 11 is 0. The topological polar surface area (TPSA) is 122 Å². The van der Waals surface area contributed by atoms with Crippen LogP contribution < -0.4 is 15.4 Å². The molecule has 9 nitrogen and oxygen atoms in total. The normalized spacial score (nSPS) is 22.2. The Labute approximate surface area is 178 Å². The zero-order chi connectivity index (χ0) is 21.8. The molecule has 0 bridgehead atoms. The van der Waals surface area contributed by atoms with Crippen molar-refractivity contribution in [3.05, 3.63) is 18.2 Å². The van der Waals surface area contributed by atoms with Gasteiger partial charge in [0, 0.05) is 19.1 Å². The third-order valence-electron chi connectivity index (χ3n) is 5.41. The number of amides is 1. The second-order valence-electron chi connectivity index (χ2n) is 7.70. The molecule has 0 saturated carbocycles. The van der Waals surface area contributed by atoms with Crippen LogP contribution >= 0.6 is 0 Å². The number of rotatable bonds is 7. The predicted octanol–water partition coefficient (Wildman–Crippen LogP) is 0.975. The number of sulfone groups is 1. The van der Waals surface area contributed by atoms with Crippen molar-refractivity contribution in [3.63, 3.8) is 0 Å². The van der Waals surface area contributed by atoms with Gasteiger partial charge < -0.3 is 15.4 Å². The molecule has 1 amide bonds. The van der Waals surface area contributed by atoms with E-state index in [9.17, 15) is 21.6 Å². The van der Waals surface area contributed by atoms with Crippen LogP contribution in [0.15, 0.2) is 23.1 Å². The van der Waals surface area contributed by atoms with E-state index >= 15 is 0 Å². The van der Waals surface area contributed by atoms with Crippen LogP contribution in [0.25, 0.3) is 0 Å². The van der Waals surface area contributed by atoms with Gasteiger partial charge in [0.15, 0.2) is 9.84 Å². The largest absolute Gasteiger partial charge is 0.495 e. The fourth-order valence-electron chi connectivity index (χ4n) is 3.78. The molecule has 168 valence electrons. The summed E-state index contributed by atoms with van der Waals surface area (Å²) in [4.78, 5) is 12.4. The minimum absolute atomic E-state index is 0.0500. The highest BCUT2D eigenvalue weighted by Crippen LogP contribution is 2.29. The second-order valence-corrected chi connectivity index (χ2v) is 11.9. The van der Waals surface area contributed by atoms with Crippen molar-refractivity contribution in [1.82, 2.24) is 9.62 Å². The monoisotopic (exact) mass is 459 g/mol. The molecule has 2 N–H and O–H groups in total. The van der Waals surface area contributed by atoms with Crippen LogP contribution in [0.4, 0.5) is 5.69 Å². The number of sulfonamides is 1. The number of benzene rings is 1. The molecule has 2 saturated heterocycles. The molecular weight excluding hydrogens is 430 g/mol. The van der Waals surface area contributed by atoms with Crippen LogP contribution in [-0.2, 0) is 24.7 Å². The highest BCUT2D eigenvalue weighted by atomic mass is 32.2. The maximum Gasteiger partial charge on any atom is 0.243 e. The fraction of sp³-hybridized carbons (Fsp3) is 0.632. The van der Waals surface area contributed by atoms with Crippen LogP contribution in [0.2, 0.25) is 0 Å². The quantitative estimate of drug-likeness (QED) is 0.623. The summed E-state index contributed by atoms with van der Waals surface area (Å²) in [7, 11) is -5.25. The summed E-state index contributed by atoms with van der Waals surface area (Å²) < 4.78 is 55.9. The third kappa shape index (κ3) is 5.64. The number of hydrogen-bond donors (Lipinski definition) is 2. The van der Waals surface area contributed by atoms with E-state index in [2.05, 4.69) is 10.6 Å². The minimum Gasteiger partial charge on any atom is -0.495 e. The van der Waals surface area contributed by atoms with Gasteiger partial charge in [-0.2, -0.15) is 4.31 Å². The smallest absolute Gasteiger partial charge is 0.243 e. The van der Waals surface area contributed by atoms with Gasteiger partial charge >= 0.3 is 0 Å². The minimum atomic E-state index is -3.63. The summed E-state index contributed by atoms with van der Waals surface area (Å²) in [6.07, 6.45) is 4.15. The van der Waals surface area contributed by atoms with Crippen molar-refractivity contribution in [2.45, 2.75) is 43.0 Å². The molecule has 3 rings (SSSR count). The molecule has 1 atom stereocenters. The van der Waals surface area contributed by atoms with E-state index in [1.54, 1.807) is 6.07 Å². The first-order chi connectivity index (χ1) is 14.2. The highest BCUT2D eigenvalue weighted by molar-refractivity contribution is 7.91. The molecule has 0 aliphatic carbocycles. The van der Waals surface area contributed by atoms with E-state index in [0.717, 1.165) is 25.7 Å². The zero-order valence-corrected chi connectivity index (χ0v) is 18.7. The number of nitrogens with zero attached hydrogens (tertiary/aromatic N) is 1. The second kappa shape index (κ2) is 9.52. The fourth-order valence-corrected chi connectivity index (χ4v) is 7.00. The van der Waals surface area contributed by atoms with Gasteiger partial charge in [0.25, 0.3) is 0 Å². The SMILES string of the molecule is COc1ccc(S(=O)(=O)N2CCCCCC2)cc1NCC(=O)NC1CCS(=O)(=O)C1. The molecule has 1 aromatic rings. The van der Waals surface area contributed by atoms with Crippen LogP contribution in [-0.4, -0.2) is 71.3 Å². The Kier molecular flexibility index (Phi) is 7.25. The van der Waals surface area contributed by atoms with Crippen LogP contribution in [0.1, 0.15) is 32.1 Å². The summed E-state index contributed by atoms with van der Waals surface area (Å²) in [5.74, 6) is 0.0855. The van der Waals surface area contributed by atoms with Gasteiger partial charge in [-0.25, -0.2) is 16.8 Å². The molecule has 2 heterocycles. The Bertz CT molecular complexity index is 970. The average Bonchev–Trinajstić information content (AvgIpc) is 2.90. The van der Waals surface area contributed by atoms with E-state index in [-0.39, 0.29) is 34.9 Å². The molecule has 1 unspecified atom stereocenters. The lowest BCUT2D eigenvalue weighted by molar-refractivity contribution is -0.119. The molecule has 2 aliphatic heterocycles. The number of ether oxygens (including phenoxy) is 1. The summed E-state index contributed by atoms with van der Waals surface area (Å²) in [6.45, 7) is 0.883. The van der Waals surface area contributed by atoms with Crippen LogP contribution in [0, 0.1) is 0 Å². The Balaban J connectivity index is 1.69. The molecular formula is C19H29N3O6S2. The van der Waals surface area contributed by atoms with Crippen molar-refractivity contribution in [3.8, 4) is 5.75 Å². The number of carbonyl (C=O) groups excluding carboxylic acids is 1. The lowest BCUT2D eigenvalue weighted by Gasteiger charge is -2.21. The first-order valence-corrected chi connectivity index (χ1v) is 13.4. The summed E-state index contributed by atoms with van der Waals surface area (Å²) in [6, 6.07) is 4.16. The first kappa shape index (κ1) is 22.8. The van der Waals surface area contributed by atoms with Crippen molar-refractivity contribution in [1.29, 1.82) is 0 Å². The van der Waals surface area contributed by atoms with E-state index in [1.165, 1.54) is 23.5 Å². The van der Waals surface area contributed by atoms with Gasteiger partial charge in [-0.1, -0.05) is 12.8 Å². The molecule has 11 heteroatoms. The Morgan fingerprint density at radius 1 is 1.20 bits per heavy atom. The number of nitrogens with one attached hydrogen (secondary N) is 2. The number of carbonyl (C=O) groups is 1. The summed E-state index contributed by atoms with van der Waals surface area (Å²) in [5, 5.41) is 5.61. The van der Waals surface area contributed by atoms with Crippen molar-refractivity contribution in [2.75, 3.05) is 43.6 Å². The van der Waals surface area contributed by atoms with Gasteiger partial charge in [-0.15, -0.1) is 0 Å². The van der Waals surface area contributed by atoms with Gasteiger partial charge in [-0.05, 0) is 37.5 Å². The molecule has 2 aliphatic rings. The van der Waals surface area contributed by atoms with Crippen molar-refractivity contribution in [2.24, 2.45) is 0 Å². The van der Waals surface area contributed by atoms with Gasteiger partial charge in [0.05, 0.1) is 35.7 Å². The van der Waals surface area contributed by atoms with Gasteiger partial charge in [0.1, 0.15) is 5.75 Å². The van der Waals surface area contributed by atoms with Crippen molar-refractivity contribution >= 4 is 31.5 Å². The van der Waals surface area contributed by atoms with E-state index in [4.69, 9.17) is 4.74 Å².